The number of hydrogen-bond acceptors (Lipinski definition) is 9. The Morgan fingerprint density at radius 1 is 0.552 bits per heavy atom. The van der Waals surface area contributed by atoms with Gasteiger partial charge in [-0.25, -0.2) is 0 Å². The van der Waals surface area contributed by atoms with Crippen LogP contribution in [0.25, 0.3) is 0 Å². The van der Waals surface area contributed by atoms with Gasteiger partial charge in [0.25, 0.3) is 0 Å². The molecule has 340 valence electrons. The average Bonchev–Trinajstić information content (AvgIpc) is 3.21. The van der Waals surface area contributed by atoms with Crippen LogP contribution in [0.3, 0.4) is 0 Å². The second-order valence-corrected chi connectivity index (χ2v) is 16.7. The lowest BCUT2D eigenvalue weighted by atomic mass is 9.92. The zero-order valence-corrected chi connectivity index (χ0v) is 36.9. The zero-order chi connectivity index (χ0) is 43.0. The Labute approximate surface area is 350 Å². The summed E-state index contributed by atoms with van der Waals surface area (Å²) in [5, 5.41) is 48.1. The van der Waals surface area contributed by atoms with Gasteiger partial charge in [0.15, 0.2) is 6.29 Å². The standard InChI is InChI=1S/C45H85N3O10/c1-5-7-9-11-13-15-17-19-21-23-25-27-29-35(30-28-26-24-22-20-18-16-14-12-10-8-6-2)42(54)48-37(33-57-45-41(53)40(52)39(51)34(3)58-45)44(56)47-36(43(55)46-4)31-32-38(49)50/h34-37,39-41,45,51-53H,5-33H2,1-4H3,(H,46,55)(H,47,56)(H,48,54)(H,49,50)/t34-,36-,37-,39+,40-,41-,45+/m0/s1. The van der Waals surface area contributed by atoms with Crippen molar-refractivity contribution in [3.63, 3.8) is 0 Å². The highest BCUT2D eigenvalue weighted by Gasteiger charge is 2.43. The van der Waals surface area contributed by atoms with Crippen molar-refractivity contribution < 1.29 is 49.1 Å². The Morgan fingerprint density at radius 3 is 1.38 bits per heavy atom. The van der Waals surface area contributed by atoms with Crippen molar-refractivity contribution in [3.05, 3.63) is 0 Å². The van der Waals surface area contributed by atoms with E-state index in [0.29, 0.717) is 12.8 Å². The van der Waals surface area contributed by atoms with Crippen molar-refractivity contribution in [2.75, 3.05) is 13.7 Å². The highest BCUT2D eigenvalue weighted by molar-refractivity contribution is 5.92. The van der Waals surface area contributed by atoms with Gasteiger partial charge < -0.3 is 45.9 Å². The summed E-state index contributed by atoms with van der Waals surface area (Å²) in [7, 11) is 1.38. The van der Waals surface area contributed by atoms with Gasteiger partial charge in [-0.3, -0.25) is 19.2 Å². The molecule has 1 rings (SSSR count). The number of aliphatic hydroxyl groups excluding tert-OH is 3. The van der Waals surface area contributed by atoms with E-state index in [1.165, 1.54) is 130 Å². The Hall–Kier alpha value is -2.32. The van der Waals surface area contributed by atoms with Crippen LogP contribution in [0.5, 0.6) is 0 Å². The molecule has 1 heterocycles. The summed E-state index contributed by atoms with van der Waals surface area (Å²) in [5.41, 5.74) is 0. The molecule has 0 saturated carbocycles. The van der Waals surface area contributed by atoms with Gasteiger partial charge in [0.05, 0.1) is 12.7 Å². The summed E-state index contributed by atoms with van der Waals surface area (Å²) in [6, 6.07) is -2.51. The molecule has 13 nitrogen and oxygen atoms in total. The second kappa shape index (κ2) is 34.4. The molecule has 1 saturated heterocycles. The van der Waals surface area contributed by atoms with Gasteiger partial charge in [0.2, 0.25) is 17.7 Å². The van der Waals surface area contributed by atoms with Crippen LogP contribution in [-0.4, -0.2) is 101 Å². The van der Waals surface area contributed by atoms with Gasteiger partial charge in [0.1, 0.15) is 30.4 Å². The molecule has 1 aliphatic rings. The minimum absolute atomic E-state index is 0.172. The lowest BCUT2D eigenvalue weighted by molar-refractivity contribution is -0.293. The number of likely N-dealkylation sites (N-methyl/N-ethyl adjacent to an activating group) is 1. The van der Waals surface area contributed by atoms with Gasteiger partial charge >= 0.3 is 5.97 Å². The van der Waals surface area contributed by atoms with E-state index in [-0.39, 0.29) is 24.7 Å². The largest absolute Gasteiger partial charge is 0.481 e. The summed E-state index contributed by atoms with van der Waals surface area (Å²) in [4.78, 5) is 51.7. The lowest BCUT2D eigenvalue weighted by Crippen LogP contribution is -2.59. The second-order valence-electron chi connectivity index (χ2n) is 16.7. The summed E-state index contributed by atoms with van der Waals surface area (Å²) >= 11 is 0. The van der Waals surface area contributed by atoms with Gasteiger partial charge in [0, 0.05) is 19.4 Å². The van der Waals surface area contributed by atoms with E-state index in [0.717, 1.165) is 38.5 Å². The number of nitrogens with one attached hydrogen (secondary N) is 3. The molecule has 0 unspecified atom stereocenters. The smallest absolute Gasteiger partial charge is 0.303 e. The SMILES string of the molecule is CCCCCCCCCCCCCCC(CCCCCCCCCCCCCC)C(=O)N[C@@H](CO[C@@H]1O[C@@H](C)[C@@H](O)[C@H](O)[C@@H]1O)C(=O)N[C@@H](CCC(=O)O)C(=O)NC. The molecule has 7 N–H and O–H groups in total. The van der Waals surface area contributed by atoms with Crippen molar-refractivity contribution in [2.45, 2.75) is 243 Å². The molecule has 0 radical (unpaired) electrons. The number of aliphatic carboxylic acids is 1. The molecule has 1 fully saturated rings. The first-order valence-corrected chi connectivity index (χ1v) is 23.3. The van der Waals surface area contributed by atoms with Crippen molar-refractivity contribution in [3.8, 4) is 0 Å². The number of carbonyl (C=O) groups excluding carboxylic acids is 3. The molecule has 0 aliphatic carbocycles. The fourth-order valence-corrected chi connectivity index (χ4v) is 7.67. The summed E-state index contributed by atoms with van der Waals surface area (Å²) < 4.78 is 11.3. The number of ether oxygens (including phenoxy) is 2. The van der Waals surface area contributed by atoms with E-state index in [1.807, 2.05) is 0 Å². The van der Waals surface area contributed by atoms with Crippen LogP contribution in [0.2, 0.25) is 0 Å². The quantitative estimate of drug-likeness (QED) is 0.0314. The van der Waals surface area contributed by atoms with E-state index in [2.05, 4.69) is 29.8 Å². The van der Waals surface area contributed by atoms with E-state index in [4.69, 9.17) is 9.47 Å². The number of unbranched alkanes of at least 4 members (excludes halogenated alkanes) is 22. The molecule has 13 heteroatoms. The third kappa shape index (κ3) is 24.7. The van der Waals surface area contributed by atoms with Gasteiger partial charge in [-0.05, 0) is 26.2 Å². The molecule has 0 spiro atoms. The predicted molar refractivity (Wildman–Crippen MR) is 228 cm³/mol. The van der Waals surface area contributed by atoms with E-state index >= 15 is 0 Å². The van der Waals surface area contributed by atoms with Crippen LogP contribution in [-0.2, 0) is 28.7 Å². The highest BCUT2D eigenvalue weighted by Crippen LogP contribution is 2.23. The number of carbonyl (C=O) groups is 4. The van der Waals surface area contributed by atoms with E-state index in [9.17, 15) is 39.6 Å². The number of carboxylic acid groups (broad SMARTS) is 1. The first-order chi connectivity index (χ1) is 28.0. The van der Waals surface area contributed by atoms with Crippen LogP contribution < -0.4 is 16.0 Å². The lowest BCUT2D eigenvalue weighted by Gasteiger charge is -2.39. The summed E-state index contributed by atoms with van der Waals surface area (Å²) in [5.74, 6) is -3.15. The van der Waals surface area contributed by atoms with Crippen LogP contribution in [0.1, 0.15) is 201 Å². The number of hydrogen-bond donors (Lipinski definition) is 7. The highest BCUT2D eigenvalue weighted by atomic mass is 16.7. The van der Waals surface area contributed by atoms with Crippen molar-refractivity contribution in [1.29, 1.82) is 0 Å². The van der Waals surface area contributed by atoms with Crippen molar-refractivity contribution >= 4 is 23.7 Å². The monoisotopic (exact) mass is 828 g/mol. The molecular formula is C45H85N3O10. The van der Waals surface area contributed by atoms with Crippen LogP contribution in [0.15, 0.2) is 0 Å². The fourth-order valence-electron chi connectivity index (χ4n) is 7.67. The van der Waals surface area contributed by atoms with Crippen LogP contribution in [0.4, 0.5) is 0 Å². The molecule has 0 aromatic rings. The molecule has 1 aliphatic heterocycles. The molecule has 3 amide bonds. The minimum Gasteiger partial charge on any atom is -0.481 e. The maximum Gasteiger partial charge on any atom is 0.303 e. The normalized spacial score (nSPS) is 20.4. The first kappa shape index (κ1) is 53.7. The molecule has 0 bridgehead atoms. The number of rotatable bonds is 37. The maximum absolute atomic E-state index is 14.0. The van der Waals surface area contributed by atoms with Gasteiger partial charge in [-0.15, -0.1) is 0 Å². The fraction of sp³-hybridized carbons (Fsp3) is 0.911. The summed E-state index contributed by atoms with van der Waals surface area (Å²) in [6.45, 7) is 5.51. The maximum atomic E-state index is 14.0. The van der Waals surface area contributed by atoms with Crippen LogP contribution in [0, 0.1) is 5.92 Å². The first-order valence-electron chi connectivity index (χ1n) is 23.3. The Balaban J connectivity index is 2.93. The van der Waals surface area contributed by atoms with Crippen LogP contribution >= 0.6 is 0 Å². The van der Waals surface area contributed by atoms with E-state index in [1.54, 1.807) is 0 Å². The minimum atomic E-state index is -1.62. The number of aliphatic hydroxyl groups is 3. The Morgan fingerprint density at radius 2 is 0.966 bits per heavy atom. The topological polar surface area (TPSA) is 204 Å². The Kier molecular flexibility index (Phi) is 31.8. The van der Waals surface area contributed by atoms with E-state index < -0.39 is 67.2 Å². The predicted octanol–water partition coefficient (Wildman–Crippen LogP) is 7.21. The van der Waals surface area contributed by atoms with Crippen molar-refractivity contribution in [1.82, 2.24) is 16.0 Å². The van der Waals surface area contributed by atoms with Gasteiger partial charge in [-0.2, -0.15) is 0 Å². The summed E-state index contributed by atoms with van der Waals surface area (Å²) in [6.07, 6.45) is 23.1. The Bertz CT molecular complexity index is 1050. The molecule has 0 aromatic heterocycles. The number of amides is 3. The average molecular weight is 828 g/mol. The third-order valence-corrected chi connectivity index (χ3v) is 11.6. The molecule has 7 atom stereocenters. The van der Waals surface area contributed by atoms with Gasteiger partial charge in [-0.1, -0.05) is 168 Å². The molecular weight excluding hydrogens is 743 g/mol. The zero-order valence-electron chi connectivity index (χ0n) is 36.9. The molecule has 0 aromatic carbocycles. The molecule has 58 heavy (non-hydrogen) atoms. The third-order valence-electron chi connectivity index (χ3n) is 11.6. The number of carboxylic acids is 1. The van der Waals surface area contributed by atoms with Crippen molar-refractivity contribution in [2.24, 2.45) is 5.92 Å².